The minimum absolute atomic E-state index is 0.0525. The highest BCUT2D eigenvalue weighted by Crippen LogP contribution is 2.24. The molecule has 0 aromatic heterocycles. The molecule has 0 fully saturated rings. The first-order chi connectivity index (χ1) is 16.9. The van der Waals surface area contributed by atoms with E-state index in [4.69, 9.17) is 17.0 Å². The molecule has 0 radical (unpaired) electrons. The number of anilines is 2. The summed E-state index contributed by atoms with van der Waals surface area (Å²) in [5.41, 5.74) is 2.89. The van der Waals surface area contributed by atoms with Crippen LogP contribution in [0.3, 0.4) is 0 Å². The van der Waals surface area contributed by atoms with Crippen molar-refractivity contribution >= 4 is 56.4 Å². The second-order valence-electron chi connectivity index (χ2n) is 7.86. The number of amides is 2. The number of halogens is 1. The molecule has 3 N–H and O–H groups in total. The Kier molecular flexibility index (Phi) is 10.3. The van der Waals surface area contributed by atoms with Gasteiger partial charge in [0, 0.05) is 22.3 Å². The van der Waals surface area contributed by atoms with Crippen LogP contribution in [0, 0.1) is 0 Å². The van der Waals surface area contributed by atoms with Crippen LogP contribution < -0.4 is 20.7 Å². The summed E-state index contributed by atoms with van der Waals surface area (Å²) >= 11 is 8.71. The van der Waals surface area contributed by atoms with Crippen LogP contribution in [0.2, 0.25) is 0 Å². The summed E-state index contributed by atoms with van der Waals surface area (Å²) < 4.78 is 6.53. The Labute approximate surface area is 219 Å². The second-order valence-corrected chi connectivity index (χ2v) is 9.19. The number of carbonyl (C=O) groups is 2. The number of hydrogen-bond acceptors (Lipinski definition) is 4. The molecule has 0 unspecified atom stereocenters. The van der Waals surface area contributed by atoms with Crippen molar-refractivity contribution in [2.75, 3.05) is 17.2 Å². The Balaban J connectivity index is 1.51. The molecule has 3 aromatic carbocycles. The van der Waals surface area contributed by atoms with Crippen molar-refractivity contribution in [1.82, 2.24) is 5.32 Å². The number of benzene rings is 3. The summed E-state index contributed by atoms with van der Waals surface area (Å²) in [7, 11) is 0. The lowest BCUT2D eigenvalue weighted by Gasteiger charge is -2.14. The molecule has 0 saturated heterocycles. The van der Waals surface area contributed by atoms with Crippen molar-refractivity contribution in [1.29, 1.82) is 0 Å². The van der Waals surface area contributed by atoms with Gasteiger partial charge in [0.05, 0.1) is 12.2 Å². The van der Waals surface area contributed by atoms with Crippen LogP contribution in [0.25, 0.3) is 0 Å². The molecule has 0 saturated carbocycles. The SMILES string of the molecule is CCCCOc1ccc(Br)cc1C(=O)NC(=S)Nc1ccc(NC(=O)CCc2ccccc2)cc1. The summed E-state index contributed by atoms with van der Waals surface area (Å²) in [5, 5.41) is 8.74. The molecule has 0 heterocycles. The third kappa shape index (κ3) is 8.81. The molecule has 0 spiro atoms. The zero-order chi connectivity index (χ0) is 25.0. The van der Waals surface area contributed by atoms with E-state index in [2.05, 4.69) is 38.8 Å². The van der Waals surface area contributed by atoms with Crippen LogP contribution in [0.4, 0.5) is 11.4 Å². The molecule has 3 aromatic rings. The minimum atomic E-state index is -0.363. The standard InChI is InChI=1S/C27H28BrN3O3S/c1-2-3-17-34-24-15-10-20(28)18-23(24)26(33)31-27(35)30-22-13-11-21(12-14-22)29-25(32)16-9-19-7-5-4-6-8-19/h4-8,10-15,18H,2-3,9,16-17H2,1H3,(H,29,32)(H2,30,31,33,35). The van der Waals surface area contributed by atoms with E-state index < -0.39 is 0 Å². The average Bonchev–Trinajstić information content (AvgIpc) is 2.85. The minimum Gasteiger partial charge on any atom is -0.493 e. The van der Waals surface area contributed by atoms with Gasteiger partial charge in [-0.05, 0) is 73.1 Å². The number of unbranched alkanes of at least 4 members (excludes halogenated alkanes) is 1. The van der Waals surface area contributed by atoms with E-state index >= 15 is 0 Å². The maximum absolute atomic E-state index is 12.8. The van der Waals surface area contributed by atoms with Crippen LogP contribution >= 0.6 is 28.1 Å². The van der Waals surface area contributed by atoms with Gasteiger partial charge in [-0.1, -0.05) is 59.6 Å². The molecular weight excluding hydrogens is 526 g/mol. The molecule has 2 amide bonds. The van der Waals surface area contributed by atoms with E-state index in [1.807, 2.05) is 36.4 Å². The fraction of sp³-hybridized carbons (Fsp3) is 0.222. The fourth-order valence-corrected chi connectivity index (χ4v) is 3.80. The third-order valence-corrected chi connectivity index (χ3v) is 5.78. The van der Waals surface area contributed by atoms with Gasteiger partial charge in [0.25, 0.3) is 5.91 Å². The summed E-state index contributed by atoms with van der Waals surface area (Å²) in [6.45, 7) is 2.62. The molecular formula is C27H28BrN3O3S. The fourth-order valence-electron chi connectivity index (χ4n) is 3.23. The molecule has 0 aliphatic rings. The zero-order valence-electron chi connectivity index (χ0n) is 19.5. The van der Waals surface area contributed by atoms with Crippen molar-refractivity contribution < 1.29 is 14.3 Å². The number of thiocarbonyl (C=S) groups is 1. The zero-order valence-corrected chi connectivity index (χ0v) is 21.9. The summed E-state index contributed by atoms with van der Waals surface area (Å²) in [6, 6.07) is 22.3. The Morgan fingerprint density at radius 2 is 1.63 bits per heavy atom. The van der Waals surface area contributed by atoms with E-state index in [1.54, 1.807) is 36.4 Å². The largest absolute Gasteiger partial charge is 0.493 e. The Hall–Kier alpha value is -3.23. The summed E-state index contributed by atoms with van der Waals surface area (Å²) in [6.07, 6.45) is 2.99. The number of hydrogen-bond donors (Lipinski definition) is 3. The Morgan fingerprint density at radius 3 is 2.31 bits per heavy atom. The van der Waals surface area contributed by atoms with E-state index in [0.717, 1.165) is 22.9 Å². The number of ether oxygens (including phenoxy) is 1. The Morgan fingerprint density at radius 1 is 0.943 bits per heavy atom. The first kappa shape index (κ1) is 26.4. The van der Waals surface area contributed by atoms with Crippen molar-refractivity contribution in [3.8, 4) is 5.75 Å². The lowest BCUT2D eigenvalue weighted by molar-refractivity contribution is -0.116. The first-order valence-electron chi connectivity index (χ1n) is 11.4. The van der Waals surface area contributed by atoms with Crippen molar-refractivity contribution in [3.05, 3.63) is 88.4 Å². The van der Waals surface area contributed by atoms with Gasteiger partial charge < -0.3 is 15.4 Å². The third-order valence-electron chi connectivity index (χ3n) is 5.08. The molecule has 0 aliphatic carbocycles. The molecule has 0 atom stereocenters. The summed E-state index contributed by atoms with van der Waals surface area (Å²) in [5.74, 6) is 0.0928. The van der Waals surface area contributed by atoms with Crippen LogP contribution in [0.1, 0.15) is 42.1 Å². The molecule has 6 nitrogen and oxygen atoms in total. The highest BCUT2D eigenvalue weighted by molar-refractivity contribution is 9.10. The predicted octanol–water partition coefficient (Wildman–Crippen LogP) is 6.33. The second kappa shape index (κ2) is 13.6. The lowest BCUT2D eigenvalue weighted by Crippen LogP contribution is -2.34. The van der Waals surface area contributed by atoms with E-state index in [-0.39, 0.29) is 16.9 Å². The lowest BCUT2D eigenvalue weighted by atomic mass is 10.1. The summed E-state index contributed by atoms with van der Waals surface area (Å²) in [4.78, 5) is 25.0. The van der Waals surface area contributed by atoms with Gasteiger partial charge in [0.2, 0.25) is 5.91 Å². The van der Waals surface area contributed by atoms with Crippen molar-refractivity contribution in [3.63, 3.8) is 0 Å². The molecule has 35 heavy (non-hydrogen) atoms. The molecule has 8 heteroatoms. The van der Waals surface area contributed by atoms with Crippen LogP contribution in [-0.2, 0) is 11.2 Å². The van der Waals surface area contributed by atoms with E-state index in [9.17, 15) is 9.59 Å². The molecule has 3 rings (SSSR count). The van der Waals surface area contributed by atoms with Gasteiger partial charge in [0.15, 0.2) is 5.11 Å². The quantitative estimate of drug-likeness (QED) is 0.202. The van der Waals surface area contributed by atoms with Crippen LogP contribution in [0.5, 0.6) is 5.75 Å². The number of rotatable bonds is 10. The highest BCUT2D eigenvalue weighted by atomic mass is 79.9. The monoisotopic (exact) mass is 553 g/mol. The van der Waals surface area contributed by atoms with Crippen molar-refractivity contribution in [2.45, 2.75) is 32.6 Å². The molecule has 0 aliphatic heterocycles. The smallest absolute Gasteiger partial charge is 0.261 e. The van der Waals surface area contributed by atoms with Crippen molar-refractivity contribution in [2.24, 2.45) is 0 Å². The molecule has 0 bridgehead atoms. The van der Waals surface area contributed by atoms with Gasteiger partial charge in [0.1, 0.15) is 5.75 Å². The average molecular weight is 555 g/mol. The van der Waals surface area contributed by atoms with Gasteiger partial charge in [-0.25, -0.2) is 0 Å². The highest BCUT2D eigenvalue weighted by Gasteiger charge is 2.15. The first-order valence-corrected chi connectivity index (χ1v) is 12.6. The van der Waals surface area contributed by atoms with Gasteiger partial charge in [-0.2, -0.15) is 0 Å². The molecule has 182 valence electrons. The van der Waals surface area contributed by atoms with E-state index in [0.29, 0.717) is 42.1 Å². The normalized spacial score (nSPS) is 10.3. The number of carbonyl (C=O) groups excluding carboxylic acids is 2. The maximum Gasteiger partial charge on any atom is 0.261 e. The predicted molar refractivity (Wildman–Crippen MR) is 148 cm³/mol. The Bertz CT molecular complexity index is 1150. The number of nitrogens with one attached hydrogen (secondary N) is 3. The van der Waals surface area contributed by atoms with E-state index in [1.165, 1.54) is 0 Å². The van der Waals surface area contributed by atoms with Crippen LogP contribution in [-0.4, -0.2) is 23.5 Å². The van der Waals surface area contributed by atoms with Gasteiger partial charge in [-0.15, -0.1) is 0 Å². The van der Waals surface area contributed by atoms with Crippen LogP contribution in [0.15, 0.2) is 77.3 Å². The van der Waals surface area contributed by atoms with Gasteiger partial charge >= 0.3 is 0 Å². The maximum atomic E-state index is 12.8. The van der Waals surface area contributed by atoms with Gasteiger partial charge in [-0.3, -0.25) is 14.9 Å². The number of aryl methyl sites for hydroxylation is 1. The topological polar surface area (TPSA) is 79.5 Å².